The van der Waals surface area contributed by atoms with Crippen molar-refractivity contribution in [2.24, 2.45) is 7.05 Å². The highest BCUT2D eigenvalue weighted by Crippen LogP contribution is 2.28. The molecule has 0 bridgehead atoms. The molecule has 7 nitrogen and oxygen atoms in total. The lowest BCUT2D eigenvalue weighted by molar-refractivity contribution is 0.416. The van der Waals surface area contributed by atoms with Crippen molar-refractivity contribution in [1.29, 1.82) is 0 Å². The Morgan fingerprint density at radius 1 is 1.07 bits per heavy atom. The lowest BCUT2D eigenvalue weighted by Gasteiger charge is -2.22. The van der Waals surface area contributed by atoms with Gasteiger partial charge in [0.05, 0.1) is 6.04 Å². The summed E-state index contributed by atoms with van der Waals surface area (Å²) in [6.07, 6.45) is 0. The maximum atomic E-state index is 13.6. The van der Waals surface area contributed by atoms with E-state index in [2.05, 4.69) is 20.3 Å². The van der Waals surface area contributed by atoms with Gasteiger partial charge < -0.3 is 9.42 Å². The minimum absolute atomic E-state index is 0.289. The summed E-state index contributed by atoms with van der Waals surface area (Å²) < 4.78 is 34.2. The van der Waals surface area contributed by atoms with E-state index in [4.69, 9.17) is 16.1 Å². The standard InChI is InChI=1S/C20H17ClF2N6O/c1-11(17-24-19(30-27-17)12-5-4-6-14(21)7-12)28(2)20-26-25-18(29(20)3)13-8-15(22)10-16(23)9-13/h4-11H,1-3H3. The number of anilines is 1. The summed E-state index contributed by atoms with van der Waals surface area (Å²) in [5.41, 5.74) is 1.00. The van der Waals surface area contributed by atoms with Crippen LogP contribution in [0.4, 0.5) is 14.7 Å². The smallest absolute Gasteiger partial charge is 0.258 e. The average Bonchev–Trinajstić information content (AvgIpc) is 3.33. The van der Waals surface area contributed by atoms with E-state index in [9.17, 15) is 8.78 Å². The van der Waals surface area contributed by atoms with E-state index in [1.807, 2.05) is 13.0 Å². The third-order valence-electron chi connectivity index (χ3n) is 4.76. The highest BCUT2D eigenvalue weighted by atomic mass is 35.5. The van der Waals surface area contributed by atoms with Gasteiger partial charge in [0.15, 0.2) is 11.6 Å². The van der Waals surface area contributed by atoms with Crippen LogP contribution in [0.15, 0.2) is 47.0 Å². The van der Waals surface area contributed by atoms with E-state index in [-0.39, 0.29) is 11.6 Å². The molecule has 10 heteroatoms. The zero-order valence-corrected chi connectivity index (χ0v) is 17.1. The molecule has 30 heavy (non-hydrogen) atoms. The highest BCUT2D eigenvalue weighted by Gasteiger charge is 2.24. The van der Waals surface area contributed by atoms with Gasteiger partial charge in [0.1, 0.15) is 11.6 Å². The van der Waals surface area contributed by atoms with E-state index < -0.39 is 11.6 Å². The van der Waals surface area contributed by atoms with Crippen LogP contribution >= 0.6 is 11.6 Å². The fourth-order valence-corrected chi connectivity index (χ4v) is 3.24. The Morgan fingerprint density at radius 3 is 2.50 bits per heavy atom. The van der Waals surface area contributed by atoms with Crippen LogP contribution in [-0.4, -0.2) is 32.0 Å². The second-order valence-corrected chi connectivity index (χ2v) is 7.23. The van der Waals surface area contributed by atoms with E-state index in [1.165, 1.54) is 12.1 Å². The summed E-state index contributed by atoms with van der Waals surface area (Å²) in [6, 6.07) is 10.0. The van der Waals surface area contributed by atoms with Gasteiger partial charge in [-0.1, -0.05) is 22.8 Å². The third-order valence-corrected chi connectivity index (χ3v) is 4.99. The molecule has 0 saturated heterocycles. The summed E-state index contributed by atoms with van der Waals surface area (Å²) in [7, 11) is 3.50. The van der Waals surface area contributed by atoms with Gasteiger partial charge in [0.25, 0.3) is 5.89 Å². The quantitative estimate of drug-likeness (QED) is 0.458. The number of nitrogens with zero attached hydrogens (tertiary/aromatic N) is 6. The van der Waals surface area contributed by atoms with Gasteiger partial charge in [-0.05, 0) is 37.3 Å². The Labute approximate surface area is 175 Å². The number of aromatic nitrogens is 5. The van der Waals surface area contributed by atoms with Crippen molar-refractivity contribution in [2.45, 2.75) is 13.0 Å². The van der Waals surface area contributed by atoms with Gasteiger partial charge in [-0.3, -0.25) is 4.57 Å². The Balaban J connectivity index is 1.61. The van der Waals surface area contributed by atoms with Crippen LogP contribution < -0.4 is 4.90 Å². The molecule has 4 rings (SSSR count). The van der Waals surface area contributed by atoms with Crippen molar-refractivity contribution in [3.8, 4) is 22.8 Å². The first kappa shape index (κ1) is 20.0. The van der Waals surface area contributed by atoms with Crippen LogP contribution in [-0.2, 0) is 7.05 Å². The molecule has 2 heterocycles. The predicted octanol–water partition coefficient (Wildman–Crippen LogP) is 4.66. The van der Waals surface area contributed by atoms with Gasteiger partial charge in [-0.2, -0.15) is 4.98 Å². The van der Waals surface area contributed by atoms with Gasteiger partial charge in [-0.25, -0.2) is 8.78 Å². The van der Waals surface area contributed by atoms with E-state index in [0.29, 0.717) is 34.1 Å². The molecular weight excluding hydrogens is 414 g/mol. The summed E-state index contributed by atoms with van der Waals surface area (Å²) in [6.45, 7) is 1.88. The zero-order valence-electron chi connectivity index (χ0n) is 16.3. The highest BCUT2D eigenvalue weighted by molar-refractivity contribution is 6.30. The number of hydrogen-bond acceptors (Lipinski definition) is 6. The van der Waals surface area contributed by atoms with Crippen molar-refractivity contribution < 1.29 is 13.3 Å². The van der Waals surface area contributed by atoms with E-state index in [1.54, 1.807) is 41.8 Å². The molecule has 0 aliphatic carbocycles. The molecule has 2 aromatic carbocycles. The van der Waals surface area contributed by atoms with Crippen molar-refractivity contribution in [3.63, 3.8) is 0 Å². The Hall–Kier alpha value is -3.33. The van der Waals surface area contributed by atoms with Crippen LogP contribution in [0, 0.1) is 11.6 Å². The minimum Gasteiger partial charge on any atom is -0.334 e. The molecule has 1 unspecified atom stereocenters. The Bertz CT molecular complexity index is 1190. The van der Waals surface area contributed by atoms with Crippen LogP contribution in [0.25, 0.3) is 22.8 Å². The van der Waals surface area contributed by atoms with Gasteiger partial charge in [-0.15, -0.1) is 10.2 Å². The fourth-order valence-electron chi connectivity index (χ4n) is 3.05. The zero-order chi connectivity index (χ0) is 21.4. The summed E-state index contributed by atoms with van der Waals surface area (Å²) in [5, 5.41) is 12.9. The first-order valence-electron chi connectivity index (χ1n) is 9.01. The maximum absolute atomic E-state index is 13.6. The van der Waals surface area contributed by atoms with Crippen molar-refractivity contribution >= 4 is 17.5 Å². The first-order valence-corrected chi connectivity index (χ1v) is 9.39. The monoisotopic (exact) mass is 430 g/mol. The average molecular weight is 431 g/mol. The van der Waals surface area contributed by atoms with Crippen LogP contribution in [0.5, 0.6) is 0 Å². The van der Waals surface area contributed by atoms with Gasteiger partial charge >= 0.3 is 0 Å². The summed E-state index contributed by atoms with van der Waals surface area (Å²) in [4.78, 5) is 6.24. The SMILES string of the molecule is CC(c1noc(-c2cccc(Cl)c2)n1)N(C)c1nnc(-c2cc(F)cc(F)c2)n1C. The first-order chi connectivity index (χ1) is 14.3. The van der Waals surface area contributed by atoms with Gasteiger partial charge in [0, 0.05) is 36.3 Å². The fraction of sp³-hybridized carbons (Fsp3) is 0.200. The molecule has 1 atom stereocenters. The van der Waals surface area contributed by atoms with E-state index in [0.717, 1.165) is 6.07 Å². The number of hydrogen-bond donors (Lipinski definition) is 0. The van der Waals surface area contributed by atoms with E-state index >= 15 is 0 Å². The van der Waals surface area contributed by atoms with Crippen molar-refractivity contribution in [3.05, 3.63) is 64.9 Å². The van der Waals surface area contributed by atoms with Crippen molar-refractivity contribution in [2.75, 3.05) is 11.9 Å². The number of halogens is 3. The van der Waals surface area contributed by atoms with Gasteiger partial charge in [0.2, 0.25) is 5.95 Å². The summed E-state index contributed by atoms with van der Waals surface area (Å²) in [5.74, 6) is 0.218. The van der Waals surface area contributed by atoms with Crippen molar-refractivity contribution in [1.82, 2.24) is 24.9 Å². The van der Waals surface area contributed by atoms with Crippen LogP contribution in [0.3, 0.4) is 0 Å². The van der Waals surface area contributed by atoms with Crippen LogP contribution in [0.2, 0.25) is 5.02 Å². The normalized spacial score (nSPS) is 12.2. The van der Waals surface area contributed by atoms with Crippen LogP contribution in [0.1, 0.15) is 18.8 Å². The number of rotatable bonds is 5. The molecule has 2 aromatic heterocycles. The Morgan fingerprint density at radius 2 is 1.80 bits per heavy atom. The second kappa shape index (κ2) is 7.83. The molecule has 0 saturated carbocycles. The molecule has 0 fully saturated rings. The molecule has 0 radical (unpaired) electrons. The predicted molar refractivity (Wildman–Crippen MR) is 108 cm³/mol. The largest absolute Gasteiger partial charge is 0.334 e. The summed E-state index contributed by atoms with van der Waals surface area (Å²) >= 11 is 6.02. The topological polar surface area (TPSA) is 72.9 Å². The molecule has 0 aliphatic heterocycles. The molecule has 154 valence electrons. The molecule has 0 amide bonds. The Kier molecular flexibility index (Phi) is 5.21. The molecule has 0 spiro atoms. The second-order valence-electron chi connectivity index (χ2n) is 6.80. The molecular formula is C20H17ClF2N6O. The maximum Gasteiger partial charge on any atom is 0.258 e. The lowest BCUT2D eigenvalue weighted by atomic mass is 10.2. The molecule has 0 aliphatic rings. The third kappa shape index (κ3) is 3.76. The molecule has 0 N–H and O–H groups in total. The number of benzene rings is 2. The lowest BCUT2D eigenvalue weighted by Crippen LogP contribution is -2.25. The molecule has 4 aromatic rings. The minimum atomic E-state index is -0.684.